The van der Waals surface area contributed by atoms with Crippen molar-refractivity contribution in [2.75, 3.05) is 13.1 Å². The second kappa shape index (κ2) is 5.20. The molecule has 0 aromatic rings. The lowest BCUT2D eigenvalue weighted by Gasteiger charge is -2.34. The summed E-state index contributed by atoms with van der Waals surface area (Å²) in [5.74, 6) is 1.83. The molecule has 1 N–H and O–H groups in total. The van der Waals surface area contributed by atoms with E-state index in [0.717, 1.165) is 44.7 Å². The maximum Gasteiger partial charge on any atom is 0.225 e. The van der Waals surface area contributed by atoms with E-state index in [1.807, 2.05) is 0 Å². The van der Waals surface area contributed by atoms with Crippen molar-refractivity contribution in [3.05, 3.63) is 0 Å². The van der Waals surface area contributed by atoms with Crippen molar-refractivity contribution in [2.45, 2.75) is 64.0 Å². The Bertz CT molecular complexity index is 302. The lowest BCUT2D eigenvalue weighted by Crippen LogP contribution is -2.47. The van der Waals surface area contributed by atoms with E-state index in [1.54, 1.807) is 0 Å². The van der Waals surface area contributed by atoms with Crippen LogP contribution in [0, 0.1) is 11.8 Å². The second-order valence-corrected chi connectivity index (χ2v) is 6.62. The van der Waals surface area contributed by atoms with Gasteiger partial charge in [0.25, 0.3) is 0 Å². The molecule has 0 radical (unpaired) electrons. The number of carbonyl (C=O) groups is 1. The maximum absolute atomic E-state index is 11.9. The highest BCUT2D eigenvalue weighted by molar-refractivity contribution is 5.81. The van der Waals surface area contributed by atoms with E-state index in [1.165, 1.54) is 19.3 Å². The van der Waals surface area contributed by atoms with Gasteiger partial charge in [-0.05, 0) is 44.9 Å². The normalized spacial score (nSPS) is 27.3. The van der Waals surface area contributed by atoms with Crippen molar-refractivity contribution >= 4 is 5.91 Å². The summed E-state index contributed by atoms with van der Waals surface area (Å²) in [4.78, 5) is 14.0. The number of amides is 1. The number of hydrogen-bond donors (Lipinski definition) is 1. The van der Waals surface area contributed by atoms with Crippen LogP contribution in [0.5, 0.6) is 0 Å². The zero-order valence-electron chi connectivity index (χ0n) is 11.5. The summed E-state index contributed by atoms with van der Waals surface area (Å²) in [5.41, 5.74) is 0. The zero-order chi connectivity index (χ0) is 12.5. The minimum Gasteiger partial charge on any atom is -0.342 e. The van der Waals surface area contributed by atoms with Crippen LogP contribution in [0.25, 0.3) is 0 Å². The molecule has 0 bridgehead atoms. The summed E-state index contributed by atoms with van der Waals surface area (Å²) in [6, 6.07) is 1.30. The lowest BCUT2D eigenvalue weighted by molar-refractivity contribution is -0.133. The third-order valence-corrected chi connectivity index (χ3v) is 4.64. The van der Waals surface area contributed by atoms with Crippen LogP contribution in [0.4, 0.5) is 0 Å². The molecule has 3 aliphatic rings. The Kier molecular flexibility index (Phi) is 3.60. The summed E-state index contributed by atoms with van der Waals surface area (Å²) < 4.78 is 0. The first-order chi connectivity index (χ1) is 8.72. The van der Waals surface area contributed by atoms with Crippen LogP contribution < -0.4 is 5.32 Å². The number of likely N-dealkylation sites (tertiary alicyclic amines) is 1. The lowest BCUT2D eigenvalue weighted by atomic mass is 10.0. The first kappa shape index (κ1) is 12.5. The van der Waals surface area contributed by atoms with Gasteiger partial charge in [-0.15, -0.1) is 0 Å². The maximum atomic E-state index is 11.9. The first-order valence-electron chi connectivity index (χ1n) is 7.77. The van der Waals surface area contributed by atoms with Gasteiger partial charge in [-0.2, -0.15) is 0 Å². The molecule has 1 aliphatic heterocycles. The summed E-state index contributed by atoms with van der Waals surface area (Å²) in [7, 11) is 0. The van der Waals surface area contributed by atoms with Gasteiger partial charge in [0, 0.05) is 31.1 Å². The van der Waals surface area contributed by atoms with E-state index in [9.17, 15) is 4.79 Å². The van der Waals surface area contributed by atoms with E-state index < -0.39 is 0 Å². The van der Waals surface area contributed by atoms with Gasteiger partial charge in [0.1, 0.15) is 0 Å². The van der Waals surface area contributed by atoms with E-state index in [2.05, 4.69) is 17.1 Å². The molecule has 102 valence electrons. The average Bonchev–Trinajstić information content (AvgIpc) is 3.23. The van der Waals surface area contributed by atoms with Crippen molar-refractivity contribution in [1.29, 1.82) is 0 Å². The van der Waals surface area contributed by atoms with Gasteiger partial charge in [0.05, 0.1) is 0 Å². The minimum absolute atomic E-state index is 0.392. The molecule has 2 saturated carbocycles. The van der Waals surface area contributed by atoms with Crippen molar-refractivity contribution in [3.8, 4) is 0 Å². The predicted octanol–water partition coefficient (Wildman–Crippen LogP) is 2.17. The largest absolute Gasteiger partial charge is 0.342 e. The summed E-state index contributed by atoms with van der Waals surface area (Å²) >= 11 is 0. The highest BCUT2D eigenvalue weighted by atomic mass is 16.2. The average molecular weight is 250 g/mol. The summed E-state index contributed by atoms with van der Waals surface area (Å²) in [6.45, 7) is 4.27. The SMILES string of the molecule is CC(CC1CC1)NC1CCN(C(=O)C2CC2)CC1. The second-order valence-electron chi connectivity index (χ2n) is 6.62. The van der Waals surface area contributed by atoms with Gasteiger partial charge < -0.3 is 10.2 Å². The van der Waals surface area contributed by atoms with Crippen molar-refractivity contribution in [3.63, 3.8) is 0 Å². The minimum atomic E-state index is 0.392. The molecule has 3 nitrogen and oxygen atoms in total. The molecule has 18 heavy (non-hydrogen) atoms. The van der Waals surface area contributed by atoms with Crippen LogP contribution in [0.15, 0.2) is 0 Å². The standard InChI is InChI=1S/C15H26N2O/c1-11(10-12-2-3-12)16-14-6-8-17(9-7-14)15(18)13-4-5-13/h11-14,16H,2-10H2,1H3. The van der Waals surface area contributed by atoms with Crippen LogP contribution in [0.1, 0.15) is 51.9 Å². The molecular formula is C15H26N2O. The predicted molar refractivity (Wildman–Crippen MR) is 72.3 cm³/mol. The molecule has 1 unspecified atom stereocenters. The van der Waals surface area contributed by atoms with Crippen LogP contribution in [0.3, 0.4) is 0 Å². The highest BCUT2D eigenvalue weighted by Crippen LogP contribution is 2.34. The molecule has 1 atom stereocenters. The fourth-order valence-corrected chi connectivity index (χ4v) is 3.18. The third-order valence-electron chi connectivity index (χ3n) is 4.64. The molecule has 3 rings (SSSR count). The number of nitrogens with one attached hydrogen (secondary N) is 1. The zero-order valence-corrected chi connectivity index (χ0v) is 11.5. The molecule has 0 spiro atoms. The van der Waals surface area contributed by atoms with Crippen LogP contribution >= 0.6 is 0 Å². The number of piperidine rings is 1. The summed E-state index contributed by atoms with van der Waals surface area (Å²) in [6.07, 6.45) is 8.80. The van der Waals surface area contributed by atoms with E-state index >= 15 is 0 Å². The van der Waals surface area contributed by atoms with Gasteiger partial charge in [0.2, 0.25) is 5.91 Å². The molecule has 1 heterocycles. The van der Waals surface area contributed by atoms with Gasteiger partial charge in [-0.25, -0.2) is 0 Å². The molecule has 3 fully saturated rings. The molecule has 3 heteroatoms. The smallest absolute Gasteiger partial charge is 0.225 e. The Balaban J connectivity index is 1.37. The highest BCUT2D eigenvalue weighted by Gasteiger charge is 2.35. The Morgan fingerprint density at radius 1 is 1.17 bits per heavy atom. The topological polar surface area (TPSA) is 32.3 Å². The summed E-state index contributed by atoms with van der Waals surface area (Å²) in [5, 5.41) is 3.76. The Labute approximate surface area is 110 Å². The van der Waals surface area contributed by atoms with Crippen molar-refractivity contribution < 1.29 is 4.79 Å². The number of rotatable bonds is 5. The Hall–Kier alpha value is -0.570. The van der Waals surface area contributed by atoms with E-state index in [-0.39, 0.29) is 0 Å². The fourth-order valence-electron chi connectivity index (χ4n) is 3.18. The molecule has 2 aliphatic carbocycles. The van der Waals surface area contributed by atoms with Gasteiger partial charge in [-0.3, -0.25) is 4.79 Å². The number of carbonyl (C=O) groups excluding carboxylic acids is 1. The Morgan fingerprint density at radius 2 is 1.83 bits per heavy atom. The van der Waals surface area contributed by atoms with Crippen LogP contribution in [-0.2, 0) is 4.79 Å². The molecule has 1 amide bonds. The molecule has 0 aromatic carbocycles. The Morgan fingerprint density at radius 3 is 2.39 bits per heavy atom. The molecule has 1 saturated heterocycles. The molecule has 0 aromatic heterocycles. The van der Waals surface area contributed by atoms with Gasteiger partial charge in [-0.1, -0.05) is 12.8 Å². The molecular weight excluding hydrogens is 224 g/mol. The van der Waals surface area contributed by atoms with Gasteiger partial charge in [0.15, 0.2) is 0 Å². The van der Waals surface area contributed by atoms with E-state index in [4.69, 9.17) is 0 Å². The van der Waals surface area contributed by atoms with Gasteiger partial charge >= 0.3 is 0 Å². The van der Waals surface area contributed by atoms with Crippen LogP contribution in [-0.4, -0.2) is 36.0 Å². The number of hydrogen-bond acceptors (Lipinski definition) is 2. The first-order valence-corrected chi connectivity index (χ1v) is 7.77. The van der Waals surface area contributed by atoms with Crippen molar-refractivity contribution in [1.82, 2.24) is 10.2 Å². The third kappa shape index (κ3) is 3.25. The number of nitrogens with zero attached hydrogens (tertiary/aromatic N) is 1. The quantitative estimate of drug-likeness (QED) is 0.811. The van der Waals surface area contributed by atoms with Crippen LogP contribution in [0.2, 0.25) is 0 Å². The van der Waals surface area contributed by atoms with E-state index in [0.29, 0.717) is 23.9 Å². The van der Waals surface area contributed by atoms with Crippen molar-refractivity contribution in [2.24, 2.45) is 11.8 Å². The fraction of sp³-hybridized carbons (Fsp3) is 0.933. The monoisotopic (exact) mass is 250 g/mol.